The van der Waals surface area contributed by atoms with E-state index >= 15 is 0 Å². The Balaban J connectivity index is 2.04. The minimum atomic E-state index is -0.135. The Labute approximate surface area is 132 Å². The van der Waals surface area contributed by atoms with Crippen LogP contribution in [0.3, 0.4) is 0 Å². The molecule has 1 aromatic heterocycles. The molecule has 1 heterocycles. The van der Waals surface area contributed by atoms with E-state index in [0.29, 0.717) is 17.9 Å². The zero-order chi connectivity index (χ0) is 15.2. The van der Waals surface area contributed by atoms with Crippen LogP contribution in [0.25, 0.3) is 0 Å². The third-order valence-electron chi connectivity index (χ3n) is 3.03. The van der Waals surface area contributed by atoms with Crippen LogP contribution < -0.4 is 11.1 Å². The number of pyridine rings is 1. The van der Waals surface area contributed by atoms with E-state index in [1.54, 1.807) is 12.1 Å². The number of carbonyl (C=O) groups excluding carboxylic acids is 1. The number of nitrogens with zero attached hydrogens (tertiary/aromatic N) is 1. The van der Waals surface area contributed by atoms with Crippen molar-refractivity contribution in [3.63, 3.8) is 0 Å². The Kier molecular flexibility index (Phi) is 5.33. The van der Waals surface area contributed by atoms with Crippen LogP contribution in [0.2, 0.25) is 0 Å². The number of anilines is 1. The Hall–Kier alpha value is -1.88. The van der Waals surface area contributed by atoms with Gasteiger partial charge in [-0.2, -0.15) is 0 Å². The molecule has 0 atom stereocenters. The Morgan fingerprint density at radius 1 is 1.29 bits per heavy atom. The highest BCUT2D eigenvalue weighted by atomic mass is 79.9. The molecule has 3 N–H and O–H groups in total. The van der Waals surface area contributed by atoms with Crippen LogP contribution in [0.5, 0.6) is 0 Å². The van der Waals surface area contributed by atoms with E-state index in [0.717, 1.165) is 28.6 Å². The maximum absolute atomic E-state index is 12.2. The third-order valence-corrected chi connectivity index (χ3v) is 3.56. The highest BCUT2D eigenvalue weighted by Gasteiger charge is 2.08. The van der Waals surface area contributed by atoms with E-state index in [4.69, 9.17) is 5.73 Å². The predicted octanol–water partition coefficient (Wildman–Crippen LogP) is 3.31. The van der Waals surface area contributed by atoms with Crippen molar-refractivity contribution in [3.05, 3.63) is 57.7 Å². The van der Waals surface area contributed by atoms with Gasteiger partial charge in [-0.15, -0.1) is 0 Å². The van der Waals surface area contributed by atoms with E-state index in [2.05, 4.69) is 33.2 Å². The molecule has 0 aliphatic rings. The lowest BCUT2D eigenvalue weighted by atomic mass is 10.1. The minimum absolute atomic E-state index is 0.135. The molecule has 0 unspecified atom stereocenters. The number of hydrogen-bond donors (Lipinski definition) is 2. The molecule has 110 valence electrons. The number of hydrogen-bond acceptors (Lipinski definition) is 3. The quantitative estimate of drug-likeness (QED) is 0.871. The number of aryl methyl sites for hydroxylation is 1. The number of aromatic nitrogens is 1. The van der Waals surface area contributed by atoms with Crippen LogP contribution in [0.15, 0.2) is 40.9 Å². The van der Waals surface area contributed by atoms with Crippen LogP contribution in [-0.4, -0.2) is 10.9 Å². The summed E-state index contributed by atoms with van der Waals surface area (Å²) in [4.78, 5) is 16.4. The Morgan fingerprint density at radius 2 is 2.00 bits per heavy atom. The largest absolute Gasteiger partial charge is 0.384 e. The van der Waals surface area contributed by atoms with Gasteiger partial charge in [0, 0.05) is 22.3 Å². The fourth-order valence-corrected chi connectivity index (χ4v) is 2.28. The van der Waals surface area contributed by atoms with Gasteiger partial charge in [0.15, 0.2) is 0 Å². The molecule has 1 aromatic carbocycles. The van der Waals surface area contributed by atoms with Gasteiger partial charge in [0.05, 0.1) is 0 Å². The summed E-state index contributed by atoms with van der Waals surface area (Å²) in [6.07, 6.45) is 1.79. The molecule has 0 radical (unpaired) electrons. The number of benzene rings is 1. The first-order valence-electron chi connectivity index (χ1n) is 6.87. The molecule has 0 saturated carbocycles. The minimum Gasteiger partial charge on any atom is -0.384 e. The van der Waals surface area contributed by atoms with E-state index in [9.17, 15) is 4.79 Å². The van der Waals surface area contributed by atoms with Crippen LogP contribution in [0.4, 0.5) is 5.82 Å². The van der Waals surface area contributed by atoms with Crippen molar-refractivity contribution in [2.45, 2.75) is 26.3 Å². The van der Waals surface area contributed by atoms with E-state index in [1.165, 1.54) is 0 Å². The van der Waals surface area contributed by atoms with Crippen molar-refractivity contribution in [1.29, 1.82) is 0 Å². The average molecular weight is 348 g/mol. The molecule has 0 aliphatic heterocycles. The molecule has 5 heteroatoms. The first-order chi connectivity index (χ1) is 10.1. The summed E-state index contributed by atoms with van der Waals surface area (Å²) in [5.41, 5.74) is 8.21. The first kappa shape index (κ1) is 15.5. The number of nitrogen functional groups attached to an aromatic ring is 1. The van der Waals surface area contributed by atoms with Gasteiger partial charge in [-0.1, -0.05) is 41.4 Å². The molecule has 4 nitrogen and oxygen atoms in total. The summed E-state index contributed by atoms with van der Waals surface area (Å²) in [5.74, 6) is 0.249. The molecular formula is C16H18BrN3O. The average Bonchev–Trinajstić information content (AvgIpc) is 2.46. The molecule has 0 fully saturated rings. The van der Waals surface area contributed by atoms with Gasteiger partial charge in [0.1, 0.15) is 5.82 Å². The molecule has 1 amide bonds. The standard InChI is InChI=1S/C16H18BrN3O/c1-2-3-14-8-12(9-15(18)20-14)16(21)19-10-11-4-6-13(17)7-5-11/h4-9H,2-3,10H2,1H3,(H2,18,20)(H,19,21). The zero-order valence-corrected chi connectivity index (χ0v) is 13.5. The zero-order valence-electron chi connectivity index (χ0n) is 11.9. The lowest BCUT2D eigenvalue weighted by Crippen LogP contribution is -2.23. The van der Waals surface area contributed by atoms with Crippen molar-refractivity contribution in [1.82, 2.24) is 10.3 Å². The number of amides is 1. The van der Waals surface area contributed by atoms with E-state index < -0.39 is 0 Å². The van der Waals surface area contributed by atoms with Crippen molar-refractivity contribution < 1.29 is 4.79 Å². The van der Waals surface area contributed by atoms with Crippen LogP contribution in [0.1, 0.15) is 35.0 Å². The third kappa shape index (κ3) is 4.56. The first-order valence-corrected chi connectivity index (χ1v) is 7.67. The van der Waals surface area contributed by atoms with Gasteiger partial charge in [0.25, 0.3) is 5.91 Å². The maximum Gasteiger partial charge on any atom is 0.251 e. The highest BCUT2D eigenvalue weighted by molar-refractivity contribution is 9.10. The number of carbonyl (C=O) groups is 1. The topological polar surface area (TPSA) is 68.0 Å². The number of nitrogens with two attached hydrogens (primary N) is 1. The van der Waals surface area contributed by atoms with E-state index in [-0.39, 0.29) is 5.91 Å². The summed E-state index contributed by atoms with van der Waals surface area (Å²) in [5, 5.41) is 2.89. The van der Waals surface area contributed by atoms with Crippen LogP contribution in [0, 0.1) is 0 Å². The normalized spacial score (nSPS) is 10.4. The van der Waals surface area contributed by atoms with Crippen LogP contribution in [-0.2, 0) is 13.0 Å². The molecule has 0 saturated heterocycles. The SMILES string of the molecule is CCCc1cc(C(=O)NCc2ccc(Br)cc2)cc(N)n1. The second kappa shape index (κ2) is 7.22. The number of nitrogens with one attached hydrogen (secondary N) is 1. The lowest BCUT2D eigenvalue weighted by Gasteiger charge is -2.08. The van der Waals surface area contributed by atoms with E-state index in [1.807, 2.05) is 24.3 Å². The second-order valence-electron chi connectivity index (χ2n) is 4.83. The highest BCUT2D eigenvalue weighted by Crippen LogP contribution is 2.12. The Morgan fingerprint density at radius 3 is 2.67 bits per heavy atom. The summed E-state index contributed by atoms with van der Waals surface area (Å²) >= 11 is 3.38. The number of rotatable bonds is 5. The van der Waals surface area contributed by atoms with Crippen molar-refractivity contribution in [2.24, 2.45) is 0 Å². The summed E-state index contributed by atoms with van der Waals surface area (Å²) in [6.45, 7) is 2.55. The fourth-order valence-electron chi connectivity index (χ4n) is 2.01. The van der Waals surface area contributed by atoms with Crippen molar-refractivity contribution in [2.75, 3.05) is 5.73 Å². The molecule has 2 rings (SSSR count). The van der Waals surface area contributed by atoms with Gasteiger partial charge < -0.3 is 11.1 Å². The Bertz CT molecular complexity index is 626. The van der Waals surface area contributed by atoms with Crippen LogP contribution >= 0.6 is 15.9 Å². The fraction of sp³-hybridized carbons (Fsp3) is 0.250. The smallest absolute Gasteiger partial charge is 0.251 e. The van der Waals surface area contributed by atoms with Gasteiger partial charge in [-0.05, 0) is 36.2 Å². The van der Waals surface area contributed by atoms with Gasteiger partial charge >= 0.3 is 0 Å². The van der Waals surface area contributed by atoms with Gasteiger partial charge in [0.2, 0.25) is 0 Å². The summed E-state index contributed by atoms with van der Waals surface area (Å²) in [6, 6.07) is 11.2. The van der Waals surface area contributed by atoms with Crippen molar-refractivity contribution in [3.8, 4) is 0 Å². The monoisotopic (exact) mass is 347 g/mol. The summed E-state index contributed by atoms with van der Waals surface area (Å²) in [7, 11) is 0. The predicted molar refractivity (Wildman–Crippen MR) is 88.0 cm³/mol. The molecule has 0 aliphatic carbocycles. The molecular weight excluding hydrogens is 330 g/mol. The molecule has 0 bridgehead atoms. The maximum atomic E-state index is 12.2. The molecule has 2 aromatic rings. The molecule has 21 heavy (non-hydrogen) atoms. The number of halogens is 1. The van der Waals surface area contributed by atoms with Crippen molar-refractivity contribution >= 4 is 27.7 Å². The van der Waals surface area contributed by atoms with Gasteiger partial charge in [-0.25, -0.2) is 4.98 Å². The second-order valence-corrected chi connectivity index (χ2v) is 5.75. The molecule has 0 spiro atoms. The lowest BCUT2D eigenvalue weighted by molar-refractivity contribution is 0.0950. The van der Waals surface area contributed by atoms with Gasteiger partial charge in [-0.3, -0.25) is 4.79 Å². The summed E-state index contributed by atoms with van der Waals surface area (Å²) < 4.78 is 1.02.